The summed E-state index contributed by atoms with van der Waals surface area (Å²) in [6, 6.07) is 6.59. The maximum absolute atomic E-state index is 12.0. The Kier molecular flexibility index (Phi) is 3.96. The topological polar surface area (TPSA) is 102 Å². The van der Waals surface area contributed by atoms with E-state index in [9.17, 15) is 8.42 Å². The van der Waals surface area contributed by atoms with Crippen LogP contribution in [0.1, 0.15) is 5.69 Å². The summed E-state index contributed by atoms with van der Waals surface area (Å²) >= 11 is 0. The Morgan fingerprint density at radius 1 is 1.35 bits per heavy atom. The van der Waals surface area contributed by atoms with Crippen LogP contribution in [-0.4, -0.2) is 25.2 Å². The molecule has 2 rings (SSSR count). The van der Waals surface area contributed by atoms with E-state index in [-0.39, 0.29) is 4.90 Å². The van der Waals surface area contributed by atoms with Gasteiger partial charge in [-0.1, -0.05) is 0 Å². The summed E-state index contributed by atoms with van der Waals surface area (Å²) in [6.07, 6.45) is 1.69. The Morgan fingerprint density at radius 2 is 2.10 bits per heavy atom. The van der Waals surface area contributed by atoms with E-state index in [1.807, 2.05) is 13.1 Å². The summed E-state index contributed by atoms with van der Waals surface area (Å²) in [7, 11) is -0.378. The maximum Gasteiger partial charge on any atom is 0.242 e. The number of nitrogens with two attached hydrogens (primary N) is 1. The lowest BCUT2D eigenvalue weighted by Gasteiger charge is -2.13. The number of sulfonamides is 1. The van der Waals surface area contributed by atoms with Crippen molar-refractivity contribution >= 4 is 21.4 Å². The molecule has 1 heterocycles. The van der Waals surface area contributed by atoms with Crippen LogP contribution in [0.4, 0.5) is 11.4 Å². The number of nitrogens with one attached hydrogen (secondary N) is 2. The van der Waals surface area contributed by atoms with Crippen molar-refractivity contribution in [2.75, 3.05) is 18.1 Å². The molecule has 0 spiro atoms. The molecule has 108 valence electrons. The number of nitrogen functional groups attached to an aromatic ring is 1. The number of nitrogens with zero attached hydrogens (tertiary/aromatic N) is 2. The van der Waals surface area contributed by atoms with Gasteiger partial charge >= 0.3 is 0 Å². The van der Waals surface area contributed by atoms with Crippen molar-refractivity contribution < 1.29 is 8.42 Å². The molecular formula is C12H17N5O2S. The van der Waals surface area contributed by atoms with Gasteiger partial charge in [0, 0.05) is 18.9 Å². The molecule has 7 nitrogen and oxygen atoms in total. The third kappa shape index (κ3) is 2.91. The maximum atomic E-state index is 12.0. The van der Waals surface area contributed by atoms with Crippen LogP contribution in [0.5, 0.6) is 0 Å². The van der Waals surface area contributed by atoms with E-state index in [4.69, 9.17) is 5.73 Å². The molecule has 4 N–H and O–H groups in total. The number of aromatic nitrogens is 2. The fourth-order valence-corrected chi connectivity index (χ4v) is 2.72. The van der Waals surface area contributed by atoms with E-state index >= 15 is 0 Å². The van der Waals surface area contributed by atoms with Crippen LogP contribution >= 0.6 is 0 Å². The first-order valence-electron chi connectivity index (χ1n) is 5.98. The standard InChI is InChI=1S/C12H17N5O2S/c1-14-20(18,19)12-7-9(13)3-4-11(12)15-8-10-5-6-16-17(10)2/h3-7,14-15H,8,13H2,1-2H3. The van der Waals surface area contributed by atoms with Gasteiger partial charge in [0.15, 0.2) is 0 Å². The molecule has 8 heteroatoms. The van der Waals surface area contributed by atoms with Crippen LogP contribution in [0, 0.1) is 0 Å². The SMILES string of the molecule is CNS(=O)(=O)c1cc(N)ccc1NCc1ccnn1C. The summed E-state index contributed by atoms with van der Waals surface area (Å²) in [4.78, 5) is 0.127. The molecule has 0 unspecified atom stereocenters. The van der Waals surface area contributed by atoms with Crippen molar-refractivity contribution in [1.82, 2.24) is 14.5 Å². The molecule has 0 aliphatic rings. The molecular weight excluding hydrogens is 278 g/mol. The molecule has 20 heavy (non-hydrogen) atoms. The normalized spacial score (nSPS) is 11.5. The van der Waals surface area contributed by atoms with Gasteiger partial charge in [-0.3, -0.25) is 4.68 Å². The molecule has 0 aliphatic carbocycles. The third-order valence-corrected chi connectivity index (χ3v) is 4.40. The molecule has 0 radical (unpaired) electrons. The molecule has 0 fully saturated rings. The van der Waals surface area contributed by atoms with Gasteiger partial charge in [-0.2, -0.15) is 5.10 Å². The molecule has 0 bridgehead atoms. The summed E-state index contributed by atoms with van der Waals surface area (Å²) in [5, 5.41) is 7.15. The van der Waals surface area contributed by atoms with Gasteiger partial charge in [0.1, 0.15) is 4.90 Å². The van der Waals surface area contributed by atoms with Crippen LogP contribution in [0.3, 0.4) is 0 Å². The zero-order chi connectivity index (χ0) is 14.8. The minimum atomic E-state index is -3.57. The van der Waals surface area contributed by atoms with Gasteiger partial charge in [0.25, 0.3) is 0 Å². The van der Waals surface area contributed by atoms with Crippen molar-refractivity contribution in [3.05, 3.63) is 36.2 Å². The number of benzene rings is 1. The second kappa shape index (κ2) is 5.51. The van der Waals surface area contributed by atoms with Crippen LogP contribution in [-0.2, 0) is 23.6 Å². The second-order valence-electron chi connectivity index (χ2n) is 4.26. The van der Waals surface area contributed by atoms with Gasteiger partial charge in [-0.25, -0.2) is 13.1 Å². The van der Waals surface area contributed by atoms with Crippen molar-refractivity contribution in [2.24, 2.45) is 7.05 Å². The first-order valence-corrected chi connectivity index (χ1v) is 7.46. The highest BCUT2D eigenvalue weighted by molar-refractivity contribution is 7.89. The van der Waals surface area contributed by atoms with E-state index in [2.05, 4.69) is 15.1 Å². The fourth-order valence-electron chi connectivity index (χ4n) is 1.78. The summed E-state index contributed by atoms with van der Waals surface area (Å²) in [5.74, 6) is 0. The Morgan fingerprint density at radius 3 is 2.70 bits per heavy atom. The molecule has 2 aromatic rings. The average Bonchev–Trinajstić information content (AvgIpc) is 2.83. The average molecular weight is 295 g/mol. The summed E-state index contributed by atoms with van der Waals surface area (Å²) < 4.78 is 28.0. The molecule has 0 saturated carbocycles. The smallest absolute Gasteiger partial charge is 0.242 e. The van der Waals surface area contributed by atoms with Crippen molar-refractivity contribution in [1.29, 1.82) is 0 Å². The molecule has 1 aromatic carbocycles. The van der Waals surface area contributed by atoms with Crippen LogP contribution in [0.15, 0.2) is 35.4 Å². The summed E-state index contributed by atoms with van der Waals surface area (Å²) in [5.41, 5.74) is 7.49. The van der Waals surface area contributed by atoms with Crippen molar-refractivity contribution in [3.63, 3.8) is 0 Å². The molecule has 1 aromatic heterocycles. The van der Waals surface area contributed by atoms with Gasteiger partial charge in [0.05, 0.1) is 17.9 Å². The van der Waals surface area contributed by atoms with E-state index in [1.165, 1.54) is 13.1 Å². The lowest BCUT2D eigenvalue weighted by molar-refractivity contribution is 0.588. The Labute approximate surface area is 117 Å². The minimum Gasteiger partial charge on any atom is -0.399 e. The van der Waals surface area contributed by atoms with Gasteiger partial charge < -0.3 is 11.1 Å². The highest BCUT2D eigenvalue weighted by Crippen LogP contribution is 2.24. The minimum absolute atomic E-state index is 0.127. The number of aryl methyl sites for hydroxylation is 1. The highest BCUT2D eigenvalue weighted by atomic mass is 32.2. The number of hydrogen-bond acceptors (Lipinski definition) is 5. The monoisotopic (exact) mass is 295 g/mol. The molecule has 0 aliphatic heterocycles. The zero-order valence-corrected chi connectivity index (χ0v) is 12.1. The first-order chi connectivity index (χ1) is 9.44. The van der Waals surface area contributed by atoms with Crippen molar-refractivity contribution in [3.8, 4) is 0 Å². The number of hydrogen-bond donors (Lipinski definition) is 3. The van der Waals surface area contributed by atoms with Crippen LogP contribution < -0.4 is 15.8 Å². The Hall–Kier alpha value is -2.06. The fraction of sp³-hybridized carbons (Fsp3) is 0.250. The van der Waals surface area contributed by atoms with Crippen molar-refractivity contribution in [2.45, 2.75) is 11.4 Å². The van der Waals surface area contributed by atoms with Gasteiger partial charge in [-0.05, 0) is 31.3 Å². The van der Waals surface area contributed by atoms with E-state index in [0.29, 0.717) is 17.9 Å². The Bertz CT molecular complexity index is 708. The van der Waals surface area contributed by atoms with Gasteiger partial charge in [-0.15, -0.1) is 0 Å². The summed E-state index contributed by atoms with van der Waals surface area (Å²) in [6.45, 7) is 0.465. The third-order valence-electron chi connectivity index (χ3n) is 2.95. The zero-order valence-electron chi connectivity index (χ0n) is 11.3. The molecule has 0 amide bonds. The van der Waals surface area contributed by atoms with Gasteiger partial charge in [0.2, 0.25) is 10.0 Å². The van der Waals surface area contributed by atoms with E-state index in [0.717, 1.165) is 5.69 Å². The second-order valence-corrected chi connectivity index (χ2v) is 6.12. The van der Waals surface area contributed by atoms with Crippen LogP contribution in [0.25, 0.3) is 0 Å². The first kappa shape index (κ1) is 14.4. The quantitative estimate of drug-likeness (QED) is 0.698. The number of anilines is 2. The van der Waals surface area contributed by atoms with E-state index < -0.39 is 10.0 Å². The lowest BCUT2D eigenvalue weighted by Crippen LogP contribution is -2.20. The Balaban J connectivity index is 2.30. The van der Waals surface area contributed by atoms with E-state index in [1.54, 1.807) is 23.0 Å². The lowest BCUT2D eigenvalue weighted by atomic mass is 10.2. The predicted molar refractivity (Wildman–Crippen MR) is 77.6 cm³/mol. The highest BCUT2D eigenvalue weighted by Gasteiger charge is 2.17. The molecule has 0 saturated heterocycles. The largest absolute Gasteiger partial charge is 0.399 e. The molecule has 0 atom stereocenters. The predicted octanol–water partition coefficient (Wildman–Crippen LogP) is 0.522. The van der Waals surface area contributed by atoms with Crippen LogP contribution in [0.2, 0.25) is 0 Å². The number of rotatable bonds is 5.